The van der Waals surface area contributed by atoms with E-state index >= 15 is 0 Å². The second kappa shape index (κ2) is 5.26. The Hall–Kier alpha value is -1.68. The van der Waals surface area contributed by atoms with Gasteiger partial charge in [-0.2, -0.15) is 0 Å². The second-order valence-corrected chi connectivity index (χ2v) is 3.22. The van der Waals surface area contributed by atoms with Gasteiger partial charge in [0.2, 0.25) is 0 Å². The van der Waals surface area contributed by atoms with Crippen molar-refractivity contribution < 1.29 is 4.74 Å². The normalized spacial score (nSPS) is 12.0. The lowest BCUT2D eigenvalue weighted by Gasteiger charge is -2.06. The van der Waals surface area contributed by atoms with Gasteiger partial charge in [-0.15, -0.1) is 0 Å². The third-order valence-corrected chi connectivity index (χ3v) is 1.77. The molecule has 0 aliphatic heterocycles. The van der Waals surface area contributed by atoms with Gasteiger partial charge >= 0.3 is 0 Å². The number of hydrogen-bond donors (Lipinski definition) is 2. The van der Waals surface area contributed by atoms with E-state index in [0.717, 1.165) is 0 Å². The molecule has 0 heterocycles. The zero-order valence-corrected chi connectivity index (χ0v) is 9.03. The minimum atomic E-state index is 0.430. The summed E-state index contributed by atoms with van der Waals surface area (Å²) in [5, 5.41) is 0.509. The number of rotatable bonds is 3. The van der Waals surface area contributed by atoms with Gasteiger partial charge in [-0.3, -0.25) is 4.99 Å². The fraction of sp³-hybridized carbons (Fsp3) is 0.100. The van der Waals surface area contributed by atoms with Crippen LogP contribution in [-0.4, -0.2) is 13.3 Å². The lowest BCUT2D eigenvalue weighted by atomic mass is 10.3. The Kier molecular flexibility index (Phi) is 4.00. The van der Waals surface area contributed by atoms with E-state index in [1.807, 2.05) is 0 Å². The maximum atomic E-state index is 5.81. The summed E-state index contributed by atoms with van der Waals surface area (Å²) >= 11 is 5.81. The molecule has 0 amide bonds. The molecule has 0 aliphatic rings. The van der Waals surface area contributed by atoms with Crippen LogP contribution in [0.4, 0.5) is 5.69 Å². The minimum Gasteiger partial charge on any atom is -0.454 e. The average molecular weight is 226 g/mol. The van der Waals surface area contributed by atoms with Crippen molar-refractivity contribution >= 4 is 23.5 Å². The number of ether oxygens (including phenoxy) is 1. The highest BCUT2D eigenvalue weighted by Gasteiger charge is 2.00. The van der Waals surface area contributed by atoms with E-state index in [1.165, 1.54) is 12.4 Å². The van der Waals surface area contributed by atoms with Crippen molar-refractivity contribution in [2.75, 3.05) is 12.8 Å². The van der Waals surface area contributed by atoms with Crippen molar-refractivity contribution in [3.8, 4) is 5.75 Å². The molecule has 0 saturated carbocycles. The zero-order valence-electron chi connectivity index (χ0n) is 8.27. The van der Waals surface area contributed by atoms with Gasteiger partial charge in [0.1, 0.15) is 5.75 Å². The molecular formula is C10H12ClN3O. The van der Waals surface area contributed by atoms with E-state index in [2.05, 4.69) is 4.99 Å². The lowest BCUT2D eigenvalue weighted by Crippen LogP contribution is -2.00. The summed E-state index contributed by atoms with van der Waals surface area (Å²) in [5.74, 6) is 0.954. The molecule has 0 fully saturated rings. The highest BCUT2D eigenvalue weighted by molar-refractivity contribution is 6.31. The topological polar surface area (TPSA) is 73.6 Å². The van der Waals surface area contributed by atoms with E-state index in [-0.39, 0.29) is 0 Å². The van der Waals surface area contributed by atoms with E-state index in [9.17, 15) is 0 Å². The molecule has 0 atom stereocenters. The Morgan fingerprint density at radius 2 is 2.20 bits per heavy atom. The summed E-state index contributed by atoms with van der Waals surface area (Å²) in [6, 6.07) is 4.93. The Labute approximate surface area is 93.2 Å². The SMILES string of the molecule is CN=C/C(=C\N)Oc1cc(N)cc(Cl)c1. The number of nitrogen functional groups attached to an aromatic ring is 1. The third kappa shape index (κ3) is 3.52. The van der Waals surface area contributed by atoms with Gasteiger partial charge in [-0.1, -0.05) is 11.6 Å². The van der Waals surface area contributed by atoms with Crippen LogP contribution >= 0.6 is 11.6 Å². The number of nitrogens with zero attached hydrogens (tertiary/aromatic N) is 1. The fourth-order valence-electron chi connectivity index (χ4n) is 1.01. The highest BCUT2D eigenvalue weighted by Crippen LogP contribution is 2.23. The fourth-order valence-corrected chi connectivity index (χ4v) is 1.24. The van der Waals surface area contributed by atoms with Crippen molar-refractivity contribution in [2.24, 2.45) is 10.7 Å². The predicted octanol–water partition coefficient (Wildman–Crippen LogP) is 1.80. The summed E-state index contributed by atoms with van der Waals surface area (Å²) in [6.07, 6.45) is 2.81. The molecule has 4 nitrogen and oxygen atoms in total. The quantitative estimate of drug-likeness (QED) is 0.468. The third-order valence-electron chi connectivity index (χ3n) is 1.55. The van der Waals surface area contributed by atoms with E-state index < -0.39 is 0 Å². The molecule has 0 bridgehead atoms. The number of halogens is 1. The van der Waals surface area contributed by atoms with Crippen LogP contribution in [0.2, 0.25) is 5.02 Å². The predicted molar refractivity (Wildman–Crippen MR) is 63.2 cm³/mol. The van der Waals surface area contributed by atoms with Crippen LogP contribution in [-0.2, 0) is 0 Å². The summed E-state index contributed by atoms with van der Waals surface area (Å²) in [4.78, 5) is 3.79. The van der Waals surface area contributed by atoms with Crippen LogP contribution in [0.5, 0.6) is 5.75 Å². The van der Waals surface area contributed by atoms with E-state index in [1.54, 1.807) is 25.2 Å². The number of aliphatic imine (C=N–C) groups is 1. The number of anilines is 1. The molecule has 0 aromatic heterocycles. The van der Waals surface area contributed by atoms with Gasteiger partial charge in [0.15, 0.2) is 5.76 Å². The zero-order chi connectivity index (χ0) is 11.3. The molecule has 0 aliphatic carbocycles. The highest BCUT2D eigenvalue weighted by atomic mass is 35.5. The second-order valence-electron chi connectivity index (χ2n) is 2.78. The standard InChI is InChI=1S/C10H12ClN3O/c1-14-6-10(5-12)15-9-3-7(11)2-8(13)4-9/h2-6H,12-13H2,1H3/b10-5+,14-6?. The van der Waals surface area contributed by atoms with Crippen molar-refractivity contribution in [1.29, 1.82) is 0 Å². The molecule has 15 heavy (non-hydrogen) atoms. The van der Waals surface area contributed by atoms with Crippen LogP contribution in [0.3, 0.4) is 0 Å². The summed E-state index contributed by atoms with van der Waals surface area (Å²) in [5.41, 5.74) is 11.5. The number of hydrogen-bond acceptors (Lipinski definition) is 4. The van der Waals surface area contributed by atoms with Crippen molar-refractivity contribution in [1.82, 2.24) is 0 Å². The molecular weight excluding hydrogens is 214 g/mol. The minimum absolute atomic E-state index is 0.430. The van der Waals surface area contributed by atoms with Gasteiger partial charge in [0, 0.05) is 30.0 Å². The maximum Gasteiger partial charge on any atom is 0.160 e. The Morgan fingerprint density at radius 1 is 1.47 bits per heavy atom. The molecule has 0 radical (unpaired) electrons. The van der Waals surface area contributed by atoms with Crippen LogP contribution in [0, 0.1) is 0 Å². The van der Waals surface area contributed by atoms with E-state index in [4.69, 9.17) is 27.8 Å². The van der Waals surface area contributed by atoms with Crippen molar-refractivity contribution in [3.63, 3.8) is 0 Å². The maximum absolute atomic E-state index is 5.81. The molecule has 4 N–H and O–H groups in total. The van der Waals surface area contributed by atoms with Gasteiger partial charge in [-0.05, 0) is 12.1 Å². The first-order valence-electron chi connectivity index (χ1n) is 4.23. The Balaban J connectivity index is 2.88. The van der Waals surface area contributed by atoms with Crippen LogP contribution in [0.15, 0.2) is 35.2 Å². The van der Waals surface area contributed by atoms with E-state index in [0.29, 0.717) is 22.2 Å². The van der Waals surface area contributed by atoms with Gasteiger partial charge in [0.05, 0.1) is 6.21 Å². The van der Waals surface area contributed by atoms with Crippen molar-refractivity contribution in [3.05, 3.63) is 35.2 Å². The molecule has 0 unspecified atom stereocenters. The van der Waals surface area contributed by atoms with Gasteiger partial charge in [0.25, 0.3) is 0 Å². The monoisotopic (exact) mass is 225 g/mol. The Morgan fingerprint density at radius 3 is 2.73 bits per heavy atom. The molecule has 1 aromatic carbocycles. The van der Waals surface area contributed by atoms with Crippen LogP contribution in [0.25, 0.3) is 0 Å². The summed E-state index contributed by atoms with van der Waals surface area (Å²) in [6.45, 7) is 0. The Bertz CT molecular complexity index is 381. The molecule has 1 aromatic rings. The molecule has 80 valence electrons. The summed E-state index contributed by atoms with van der Waals surface area (Å²) in [7, 11) is 1.62. The average Bonchev–Trinajstić information content (AvgIpc) is 2.15. The molecule has 0 saturated heterocycles. The smallest absolute Gasteiger partial charge is 0.160 e. The number of allylic oxidation sites excluding steroid dienone is 1. The summed E-state index contributed by atoms with van der Waals surface area (Å²) < 4.78 is 5.39. The van der Waals surface area contributed by atoms with Crippen LogP contribution in [0.1, 0.15) is 0 Å². The van der Waals surface area contributed by atoms with Crippen molar-refractivity contribution in [2.45, 2.75) is 0 Å². The van der Waals surface area contributed by atoms with Crippen LogP contribution < -0.4 is 16.2 Å². The first-order valence-corrected chi connectivity index (χ1v) is 4.61. The molecule has 5 heteroatoms. The number of nitrogens with two attached hydrogens (primary N) is 2. The molecule has 0 spiro atoms. The first-order chi connectivity index (χ1) is 7.15. The van der Waals surface area contributed by atoms with Gasteiger partial charge in [-0.25, -0.2) is 0 Å². The first kappa shape index (κ1) is 11.4. The largest absolute Gasteiger partial charge is 0.454 e. The lowest BCUT2D eigenvalue weighted by molar-refractivity contribution is 0.456. The number of benzene rings is 1. The van der Waals surface area contributed by atoms with Gasteiger partial charge < -0.3 is 16.2 Å². The molecule has 1 rings (SSSR count).